The summed E-state index contributed by atoms with van der Waals surface area (Å²) in [4.78, 5) is 24.8. The Morgan fingerprint density at radius 2 is 1.77 bits per heavy atom. The third kappa shape index (κ3) is 7.12. The van der Waals surface area contributed by atoms with Gasteiger partial charge in [-0.15, -0.1) is 0 Å². The lowest BCUT2D eigenvalue weighted by atomic mass is 10.1. The maximum absolute atomic E-state index is 12.8. The normalized spacial score (nSPS) is 12.5. The van der Waals surface area contributed by atoms with Gasteiger partial charge in [-0.05, 0) is 51.5 Å². The van der Waals surface area contributed by atoms with Crippen molar-refractivity contribution in [2.75, 3.05) is 4.72 Å². The summed E-state index contributed by atoms with van der Waals surface area (Å²) in [7, 11) is -4.21. The van der Waals surface area contributed by atoms with Gasteiger partial charge in [0, 0.05) is 5.69 Å². The van der Waals surface area contributed by atoms with Crippen LogP contribution in [0.15, 0.2) is 41.2 Å². The monoisotopic (exact) mass is 460 g/mol. The molecule has 0 bridgehead atoms. The summed E-state index contributed by atoms with van der Waals surface area (Å²) < 4.78 is 71.8. The van der Waals surface area contributed by atoms with Gasteiger partial charge in [0.15, 0.2) is 0 Å². The number of hydrogen-bond donors (Lipinski definition) is 1. The molecule has 0 spiro atoms. The van der Waals surface area contributed by atoms with Crippen LogP contribution in [0.25, 0.3) is 0 Å². The molecule has 0 saturated heterocycles. The molecule has 11 heteroatoms. The lowest BCUT2D eigenvalue weighted by Crippen LogP contribution is -2.33. The van der Waals surface area contributed by atoms with E-state index >= 15 is 0 Å². The number of hydrogen-bond acceptors (Lipinski definition) is 5. The van der Waals surface area contributed by atoms with Gasteiger partial charge in [0.05, 0.1) is 11.3 Å². The molecule has 7 nitrogen and oxygen atoms in total. The molecule has 1 aromatic carbocycles. The van der Waals surface area contributed by atoms with Crippen LogP contribution in [0.2, 0.25) is 0 Å². The van der Waals surface area contributed by atoms with Gasteiger partial charge in [-0.3, -0.25) is 18.9 Å². The molecule has 0 aliphatic carbocycles. The lowest BCUT2D eigenvalue weighted by Gasteiger charge is -2.20. The second-order valence-corrected chi connectivity index (χ2v) is 9.65. The van der Waals surface area contributed by atoms with Crippen molar-refractivity contribution in [3.05, 3.63) is 63.6 Å². The van der Waals surface area contributed by atoms with Crippen LogP contribution >= 0.6 is 0 Å². The van der Waals surface area contributed by atoms with E-state index < -0.39 is 51.2 Å². The third-order valence-electron chi connectivity index (χ3n) is 3.98. The molecule has 0 aliphatic rings. The van der Waals surface area contributed by atoms with Crippen molar-refractivity contribution in [3.8, 4) is 0 Å². The molecule has 0 unspecified atom stereocenters. The Morgan fingerprint density at radius 3 is 2.35 bits per heavy atom. The van der Waals surface area contributed by atoms with Crippen molar-refractivity contribution in [1.82, 2.24) is 4.57 Å². The number of carbonyl (C=O) groups is 1. The molecule has 170 valence electrons. The van der Waals surface area contributed by atoms with Crippen LogP contribution in [-0.4, -0.2) is 24.6 Å². The van der Waals surface area contributed by atoms with Gasteiger partial charge in [-0.1, -0.05) is 18.2 Å². The molecular formula is C20H23F3N2O5S. The van der Waals surface area contributed by atoms with Crippen LogP contribution in [0.3, 0.4) is 0 Å². The fraction of sp³-hybridized carbons (Fsp3) is 0.400. The van der Waals surface area contributed by atoms with E-state index in [1.807, 2.05) is 0 Å². The Bertz CT molecular complexity index is 1130. The van der Waals surface area contributed by atoms with Gasteiger partial charge in [-0.2, -0.15) is 13.2 Å². The van der Waals surface area contributed by atoms with E-state index in [0.717, 1.165) is 22.8 Å². The number of anilines is 1. The zero-order valence-electron chi connectivity index (χ0n) is 17.4. The van der Waals surface area contributed by atoms with Crippen molar-refractivity contribution in [1.29, 1.82) is 0 Å². The van der Waals surface area contributed by atoms with Crippen LogP contribution in [0.4, 0.5) is 18.9 Å². The van der Waals surface area contributed by atoms with E-state index in [9.17, 15) is 31.2 Å². The van der Waals surface area contributed by atoms with E-state index in [4.69, 9.17) is 4.74 Å². The summed E-state index contributed by atoms with van der Waals surface area (Å²) in [6, 6.07) is 6.58. The molecule has 2 rings (SSSR count). The maximum Gasteiger partial charge on any atom is 0.416 e. The van der Waals surface area contributed by atoms with Gasteiger partial charge < -0.3 is 4.74 Å². The molecule has 1 N–H and O–H groups in total. The Morgan fingerprint density at radius 1 is 1.13 bits per heavy atom. The third-order valence-corrected chi connectivity index (χ3v) is 5.22. The number of aromatic nitrogens is 1. The number of sulfonamides is 1. The molecule has 0 saturated carbocycles. The molecule has 0 atom stereocenters. The highest BCUT2D eigenvalue weighted by molar-refractivity contribution is 7.91. The average molecular weight is 460 g/mol. The highest BCUT2D eigenvalue weighted by Gasteiger charge is 2.30. The average Bonchev–Trinajstić information content (AvgIpc) is 2.58. The van der Waals surface area contributed by atoms with E-state index in [2.05, 4.69) is 4.72 Å². The molecule has 2 aromatic rings. The number of rotatable bonds is 6. The zero-order chi connectivity index (χ0) is 23.6. The molecule has 1 heterocycles. The van der Waals surface area contributed by atoms with E-state index in [0.29, 0.717) is 5.69 Å². The molecule has 0 fully saturated rings. The number of esters is 1. The number of ether oxygens (including phenoxy) is 1. The lowest BCUT2D eigenvalue weighted by molar-refractivity contribution is -0.155. The highest BCUT2D eigenvalue weighted by Crippen LogP contribution is 2.30. The SMILES string of the molecule is Cc1ccc(NS(=O)(=O)Cc2cccc(C(F)(F)F)c2)c(=O)n1CC(=O)OC(C)(C)C. The Balaban J connectivity index is 2.26. The minimum atomic E-state index is -4.61. The largest absolute Gasteiger partial charge is 0.459 e. The van der Waals surface area contributed by atoms with Crippen molar-refractivity contribution >= 4 is 21.7 Å². The van der Waals surface area contributed by atoms with Gasteiger partial charge >= 0.3 is 12.1 Å². The van der Waals surface area contributed by atoms with Gasteiger partial charge in [0.2, 0.25) is 10.0 Å². The van der Waals surface area contributed by atoms with Gasteiger partial charge in [0.25, 0.3) is 5.56 Å². The molecule has 0 amide bonds. The standard InChI is InChI=1S/C20H23F3N2O5S/c1-13-8-9-16(18(27)25(13)11-17(26)30-19(2,3)4)24-31(28,29)12-14-6-5-7-15(10-14)20(21,22)23/h5-10,24H,11-12H2,1-4H3. The summed E-state index contributed by atoms with van der Waals surface area (Å²) in [6.45, 7) is 6.13. The smallest absolute Gasteiger partial charge is 0.416 e. The predicted octanol–water partition coefficient (Wildman–Crippen LogP) is 3.46. The first-order chi connectivity index (χ1) is 14.1. The van der Waals surface area contributed by atoms with Crippen molar-refractivity contribution in [3.63, 3.8) is 0 Å². The van der Waals surface area contributed by atoms with Crippen LogP contribution in [0, 0.1) is 6.92 Å². The number of benzene rings is 1. The second-order valence-electron chi connectivity index (χ2n) is 7.93. The van der Waals surface area contributed by atoms with Crippen LogP contribution < -0.4 is 10.3 Å². The van der Waals surface area contributed by atoms with Gasteiger partial charge in [0.1, 0.15) is 17.8 Å². The molecule has 0 aliphatic heterocycles. The first-order valence-electron chi connectivity index (χ1n) is 9.16. The zero-order valence-corrected chi connectivity index (χ0v) is 18.2. The van der Waals surface area contributed by atoms with E-state index in [1.165, 1.54) is 18.2 Å². The Kier molecular flexibility index (Phi) is 6.89. The van der Waals surface area contributed by atoms with Crippen molar-refractivity contribution in [2.24, 2.45) is 0 Å². The first-order valence-corrected chi connectivity index (χ1v) is 10.8. The quantitative estimate of drug-likeness (QED) is 0.667. The number of pyridine rings is 1. The molecule has 0 radical (unpaired) electrons. The number of halogens is 3. The fourth-order valence-corrected chi connectivity index (χ4v) is 3.89. The van der Waals surface area contributed by atoms with Crippen LogP contribution in [0.5, 0.6) is 0 Å². The summed E-state index contributed by atoms with van der Waals surface area (Å²) in [5.41, 5.74) is -2.55. The van der Waals surface area contributed by atoms with Crippen LogP contribution in [-0.2, 0) is 38.0 Å². The second kappa shape index (κ2) is 8.74. The number of nitrogens with zero attached hydrogens (tertiary/aromatic N) is 1. The Hall–Kier alpha value is -2.82. The Labute approximate surface area is 177 Å². The number of alkyl halides is 3. The highest BCUT2D eigenvalue weighted by atomic mass is 32.2. The maximum atomic E-state index is 12.8. The topological polar surface area (TPSA) is 94.5 Å². The predicted molar refractivity (Wildman–Crippen MR) is 109 cm³/mol. The minimum Gasteiger partial charge on any atom is -0.459 e. The molecular weight excluding hydrogens is 437 g/mol. The number of aryl methyl sites for hydroxylation is 1. The first kappa shape index (κ1) is 24.4. The minimum absolute atomic E-state index is 0.0940. The molecule has 1 aromatic heterocycles. The number of nitrogens with one attached hydrogen (secondary N) is 1. The molecule has 31 heavy (non-hydrogen) atoms. The number of carbonyl (C=O) groups excluding carboxylic acids is 1. The summed E-state index contributed by atoms with van der Waals surface area (Å²) in [5.74, 6) is -1.45. The fourth-order valence-electron chi connectivity index (χ4n) is 2.71. The summed E-state index contributed by atoms with van der Waals surface area (Å²) in [5, 5.41) is 0. The summed E-state index contributed by atoms with van der Waals surface area (Å²) in [6.07, 6.45) is -4.61. The van der Waals surface area contributed by atoms with Crippen molar-refractivity contribution in [2.45, 2.75) is 51.8 Å². The van der Waals surface area contributed by atoms with Crippen molar-refractivity contribution < 1.29 is 31.1 Å². The summed E-state index contributed by atoms with van der Waals surface area (Å²) >= 11 is 0. The van der Waals surface area contributed by atoms with E-state index in [-0.39, 0.29) is 11.3 Å². The van der Waals surface area contributed by atoms with Crippen LogP contribution in [0.1, 0.15) is 37.6 Å². The van der Waals surface area contributed by atoms with Gasteiger partial charge in [-0.25, -0.2) is 8.42 Å². The van der Waals surface area contributed by atoms with E-state index in [1.54, 1.807) is 27.7 Å².